The largest absolute Gasteiger partial charge is 0.522 e. The van der Waals surface area contributed by atoms with Gasteiger partial charge in [0.15, 0.2) is 17.0 Å². The summed E-state index contributed by atoms with van der Waals surface area (Å²) in [6.45, 7) is 2.84. The second kappa shape index (κ2) is 5.83. The van der Waals surface area contributed by atoms with Gasteiger partial charge in [-0.05, 0) is 20.3 Å². The number of nitrogens with zero attached hydrogens (tertiary/aromatic N) is 4. The molecule has 4 rings (SSSR count). The molecule has 0 unspecified atom stereocenters. The Kier molecular flexibility index (Phi) is 3.93. The summed E-state index contributed by atoms with van der Waals surface area (Å²) < 4.78 is 68.5. The van der Waals surface area contributed by atoms with Crippen molar-refractivity contribution in [1.82, 2.24) is 19.5 Å². The van der Waals surface area contributed by atoms with Gasteiger partial charge in [-0.1, -0.05) is 0 Å². The predicted molar refractivity (Wildman–Crippen MR) is 78.3 cm³/mol. The fourth-order valence-electron chi connectivity index (χ4n) is 3.76. The molecule has 0 aromatic carbocycles. The zero-order valence-electron chi connectivity index (χ0n) is 13.9. The van der Waals surface area contributed by atoms with E-state index >= 15 is 0 Å². The van der Waals surface area contributed by atoms with Gasteiger partial charge in [-0.15, -0.1) is 13.2 Å². The van der Waals surface area contributed by atoms with E-state index in [0.717, 1.165) is 6.33 Å². The van der Waals surface area contributed by atoms with Crippen LogP contribution in [0.2, 0.25) is 0 Å². The summed E-state index contributed by atoms with van der Waals surface area (Å²) in [5.74, 6) is -2.25. The van der Waals surface area contributed by atoms with Crippen LogP contribution in [0.25, 0.3) is 11.2 Å². The molecule has 0 amide bonds. The van der Waals surface area contributed by atoms with Crippen LogP contribution in [0.5, 0.6) is 0 Å². The molecule has 3 heterocycles. The number of hydrogen-bond acceptors (Lipinski definition) is 6. The van der Waals surface area contributed by atoms with Crippen LogP contribution in [0.3, 0.4) is 0 Å². The monoisotopic (exact) mass is 376 g/mol. The Morgan fingerprint density at radius 2 is 1.96 bits per heavy atom. The quantitative estimate of drug-likeness (QED) is 0.606. The summed E-state index contributed by atoms with van der Waals surface area (Å²) in [7, 11) is 0. The summed E-state index contributed by atoms with van der Waals surface area (Å²) in [5.41, 5.74) is 0.254. The summed E-state index contributed by atoms with van der Waals surface area (Å²) in [4.78, 5) is 11.5. The topological polar surface area (TPSA) is 71.3 Å². The van der Waals surface area contributed by atoms with Crippen LogP contribution in [0, 0.1) is 11.9 Å². The van der Waals surface area contributed by atoms with E-state index in [1.54, 1.807) is 18.4 Å². The molecule has 1 saturated carbocycles. The maximum atomic E-state index is 13.8. The molecular formula is C15H16F4N4O3. The number of halogens is 4. The molecular weight excluding hydrogens is 360 g/mol. The van der Waals surface area contributed by atoms with Crippen LogP contribution in [-0.4, -0.2) is 50.5 Å². The Hall–Kier alpha value is -1.85. The third-order valence-corrected chi connectivity index (χ3v) is 4.68. The van der Waals surface area contributed by atoms with Crippen LogP contribution in [0.15, 0.2) is 12.7 Å². The first-order valence-corrected chi connectivity index (χ1v) is 8.04. The van der Waals surface area contributed by atoms with Crippen molar-refractivity contribution in [2.75, 3.05) is 6.61 Å². The fourth-order valence-corrected chi connectivity index (χ4v) is 3.76. The van der Waals surface area contributed by atoms with Crippen LogP contribution in [0.4, 0.5) is 17.6 Å². The standard InChI is InChI=1S/C15H16F4N4O3/c1-14(2)25-10-7(4-24-15(17,18)19)3-8(11(10)26-14)23-6-22-9-12(16)20-5-21-13(9)23/h5-8,10-11H,3-4H2,1-2H3/t7-,8+,10+,11-/m0/s1. The maximum absolute atomic E-state index is 13.8. The normalized spacial score (nSPS) is 30.8. The average molecular weight is 376 g/mol. The minimum atomic E-state index is -4.72. The predicted octanol–water partition coefficient (Wildman–Crippen LogP) is 2.58. The number of ether oxygens (including phenoxy) is 3. The van der Waals surface area contributed by atoms with Gasteiger partial charge in [0, 0.05) is 5.92 Å². The first-order chi connectivity index (χ1) is 12.1. The molecule has 2 aliphatic rings. The molecule has 2 aromatic heterocycles. The third kappa shape index (κ3) is 3.03. The molecule has 0 bridgehead atoms. The van der Waals surface area contributed by atoms with Gasteiger partial charge in [0.25, 0.3) is 0 Å². The molecule has 11 heteroatoms. The second-order valence-corrected chi connectivity index (χ2v) is 6.87. The lowest BCUT2D eigenvalue weighted by Crippen LogP contribution is -2.30. The highest BCUT2D eigenvalue weighted by Crippen LogP contribution is 2.47. The molecule has 0 spiro atoms. The van der Waals surface area contributed by atoms with Crippen LogP contribution < -0.4 is 0 Å². The lowest BCUT2D eigenvalue weighted by molar-refractivity contribution is -0.330. The summed E-state index contributed by atoms with van der Waals surface area (Å²) in [6, 6.07) is -0.414. The summed E-state index contributed by atoms with van der Waals surface area (Å²) >= 11 is 0. The Morgan fingerprint density at radius 3 is 2.69 bits per heavy atom. The zero-order chi connectivity index (χ0) is 18.7. The molecule has 142 valence electrons. The van der Waals surface area contributed by atoms with Crippen molar-refractivity contribution >= 4 is 11.2 Å². The Balaban J connectivity index is 1.66. The van der Waals surface area contributed by atoms with Crippen LogP contribution in [-0.2, 0) is 14.2 Å². The van der Waals surface area contributed by atoms with Gasteiger partial charge >= 0.3 is 6.36 Å². The van der Waals surface area contributed by atoms with Gasteiger partial charge in [0.05, 0.1) is 25.1 Å². The Morgan fingerprint density at radius 1 is 1.23 bits per heavy atom. The zero-order valence-corrected chi connectivity index (χ0v) is 13.9. The molecule has 0 N–H and O–H groups in total. The van der Waals surface area contributed by atoms with Crippen LogP contribution in [0.1, 0.15) is 26.3 Å². The van der Waals surface area contributed by atoms with Crippen molar-refractivity contribution < 1.29 is 31.8 Å². The number of imidazole rings is 1. The van der Waals surface area contributed by atoms with E-state index in [1.807, 2.05) is 0 Å². The highest BCUT2D eigenvalue weighted by Gasteiger charge is 2.55. The molecule has 0 radical (unpaired) electrons. The highest BCUT2D eigenvalue weighted by atomic mass is 19.4. The van der Waals surface area contributed by atoms with E-state index < -0.39 is 48.9 Å². The average Bonchev–Trinajstić information content (AvgIpc) is 3.16. The number of fused-ring (bicyclic) bond motifs is 2. The van der Waals surface area contributed by atoms with Gasteiger partial charge in [-0.2, -0.15) is 4.39 Å². The first-order valence-electron chi connectivity index (χ1n) is 8.04. The number of aromatic nitrogens is 4. The van der Waals surface area contributed by atoms with E-state index in [4.69, 9.17) is 9.47 Å². The smallest absolute Gasteiger partial charge is 0.344 e. The minimum absolute atomic E-state index is 0.00258. The number of hydrogen-bond donors (Lipinski definition) is 0. The van der Waals surface area contributed by atoms with Gasteiger partial charge in [0.2, 0.25) is 5.95 Å². The molecule has 26 heavy (non-hydrogen) atoms. The first kappa shape index (κ1) is 17.6. The van der Waals surface area contributed by atoms with E-state index in [2.05, 4.69) is 19.7 Å². The van der Waals surface area contributed by atoms with E-state index in [0.29, 0.717) is 6.42 Å². The molecule has 1 aliphatic heterocycles. The summed E-state index contributed by atoms with van der Waals surface area (Å²) in [6.07, 6.45) is -3.07. The highest BCUT2D eigenvalue weighted by molar-refractivity contribution is 5.69. The second-order valence-electron chi connectivity index (χ2n) is 6.87. The van der Waals surface area contributed by atoms with Crippen molar-refractivity contribution in [3.05, 3.63) is 18.6 Å². The van der Waals surface area contributed by atoms with Crippen molar-refractivity contribution in [3.8, 4) is 0 Å². The van der Waals surface area contributed by atoms with Crippen molar-refractivity contribution in [3.63, 3.8) is 0 Å². The minimum Gasteiger partial charge on any atom is -0.344 e. The molecule has 1 aliphatic carbocycles. The molecule has 2 aromatic rings. The lowest BCUT2D eigenvalue weighted by Gasteiger charge is -2.24. The van der Waals surface area contributed by atoms with E-state index in [-0.39, 0.29) is 11.2 Å². The maximum Gasteiger partial charge on any atom is 0.522 e. The Bertz CT molecular complexity index is 825. The van der Waals surface area contributed by atoms with E-state index in [9.17, 15) is 17.6 Å². The molecule has 1 saturated heterocycles. The van der Waals surface area contributed by atoms with Gasteiger partial charge in [-0.25, -0.2) is 15.0 Å². The molecule has 4 atom stereocenters. The van der Waals surface area contributed by atoms with Gasteiger partial charge in [0.1, 0.15) is 12.4 Å². The molecule has 2 fully saturated rings. The SMILES string of the molecule is CC1(C)O[C@@H]2[C@H](COC(F)(F)F)C[C@@H](n3cnc4c(F)ncnc43)[C@@H]2O1. The van der Waals surface area contributed by atoms with Gasteiger partial charge in [-0.3, -0.25) is 4.74 Å². The van der Waals surface area contributed by atoms with Crippen LogP contribution >= 0.6 is 0 Å². The Labute approximate surface area is 145 Å². The van der Waals surface area contributed by atoms with Gasteiger partial charge < -0.3 is 14.0 Å². The summed E-state index contributed by atoms with van der Waals surface area (Å²) in [5, 5.41) is 0. The van der Waals surface area contributed by atoms with Crippen molar-refractivity contribution in [2.45, 2.75) is 50.7 Å². The molecule has 7 nitrogen and oxygen atoms in total. The van der Waals surface area contributed by atoms with Crippen molar-refractivity contribution in [1.29, 1.82) is 0 Å². The van der Waals surface area contributed by atoms with E-state index in [1.165, 1.54) is 6.33 Å². The number of alkyl halides is 3. The third-order valence-electron chi connectivity index (χ3n) is 4.68. The number of rotatable bonds is 3. The lowest BCUT2D eigenvalue weighted by atomic mass is 10.1. The fraction of sp³-hybridized carbons (Fsp3) is 0.667. The van der Waals surface area contributed by atoms with Crippen molar-refractivity contribution in [2.24, 2.45) is 5.92 Å².